The van der Waals surface area contributed by atoms with Crippen LogP contribution in [-0.2, 0) is 22.7 Å². The van der Waals surface area contributed by atoms with Crippen molar-refractivity contribution < 1.29 is 9.47 Å². The average Bonchev–Trinajstić information content (AvgIpc) is 2.53. The molecule has 22 heavy (non-hydrogen) atoms. The van der Waals surface area contributed by atoms with Crippen LogP contribution in [0.3, 0.4) is 0 Å². The highest BCUT2D eigenvalue weighted by Crippen LogP contribution is 2.17. The molecule has 2 rings (SSSR count). The molecule has 0 N–H and O–H groups in total. The van der Waals surface area contributed by atoms with E-state index in [2.05, 4.69) is 44.0 Å². The van der Waals surface area contributed by atoms with Gasteiger partial charge in [0.1, 0.15) is 0 Å². The molecule has 0 unspecified atom stereocenters. The highest BCUT2D eigenvalue weighted by molar-refractivity contribution is 9.10. The molecule has 0 saturated carbocycles. The van der Waals surface area contributed by atoms with Crippen molar-refractivity contribution in [3.8, 4) is 0 Å². The molecule has 0 aliphatic carbocycles. The quantitative estimate of drug-likeness (QED) is 0.476. The molecule has 118 valence electrons. The summed E-state index contributed by atoms with van der Waals surface area (Å²) in [5.74, 6) is 0. The summed E-state index contributed by atoms with van der Waals surface area (Å²) >= 11 is 7.05. The lowest BCUT2D eigenvalue weighted by atomic mass is 10.2. The molecule has 0 radical (unpaired) electrons. The van der Waals surface area contributed by atoms with E-state index in [0.29, 0.717) is 13.2 Å². The van der Waals surface area contributed by atoms with Gasteiger partial charge < -0.3 is 9.47 Å². The van der Waals surface area contributed by atoms with Gasteiger partial charge in [0.25, 0.3) is 0 Å². The third kappa shape index (κ3) is 6.21. The minimum Gasteiger partial charge on any atom is -0.377 e. The Labute approximate surface area is 149 Å². The Morgan fingerprint density at radius 2 is 1.05 bits per heavy atom. The molecule has 2 aromatic carbocycles. The van der Waals surface area contributed by atoms with Gasteiger partial charge in [-0.25, -0.2) is 0 Å². The number of hydrogen-bond donors (Lipinski definition) is 0. The monoisotopic (exact) mass is 426 g/mol. The molecule has 0 aliphatic heterocycles. The summed E-state index contributed by atoms with van der Waals surface area (Å²) in [7, 11) is 0. The second-order valence-electron chi connectivity index (χ2n) is 5.00. The van der Waals surface area contributed by atoms with Crippen molar-refractivity contribution in [1.82, 2.24) is 0 Å². The van der Waals surface area contributed by atoms with Crippen LogP contribution in [-0.4, -0.2) is 13.2 Å². The van der Waals surface area contributed by atoms with Gasteiger partial charge in [0.2, 0.25) is 0 Å². The van der Waals surface area contributed by atoms with Crippen LogP contribution in [0.5, 0.6) is 0 Å². The van der Waals surface area contributed by atoms with Crippen LogP contribution in [0, 0.1) is 0 Å². The number of halogens is 2. The molecule has 0 heterocycles. The molecule has 2 aromatic rings. The summed E-state index contributed by atoms with van der Waals surface area (Å²) in [5, 5.41) is 0. The van der Waals surface area contributed by atoms with E-state index in [-0.39, 0.29) is 0 Å². The first-order chi connectivity index (χ1) is 10.8. The van der Waals surface area contributed by atoms with Gasteiger partial charge in [-0.15, -0.1) is 0 Å². The standard InChI is InChI=1S/C18H20Br2O2/c19-17-9-3-1-7-15(17)13-21-11-5-6-12-22-14-16-8-2-4-10-18(16)20/h1-4,7-10H,5-6,11-14H2. The molecular weight excluding hydrogens is 408 g/mol. The van der Waals surface area contributed by atoms with Gasteiger partial charge in [0, 0.05) is 22.2 Å². The van der Waals surface area contributed by atoms with E-state index in [1.54, 1.807) is 0 Å². The SMILES string of the molecule is Brc1ccccc1COCCCCOCc1ccccc1Br. The van der Waals surface area contributed by atoms with E-state index in [1.807, 2.05) is 36.4 Å². The van der Waals surface area contributed by atoms with Gasteiger partial charge in [0.15, 0.2) is 0 Å². The molecular formula is C18H20Br2O2. The first-order valence-electron chi connectivity index (χ1n) is 7.39. The predicted molar refractivity (Wildman–Crippen MR) is 96.8 cm³/mol. The molecule has 0 bridgehead atoms. The zero-order chi connectivity index (χ0) is 15.6. The summed E-state index contributed by atoms with van der Waals surface area (Å²) in [5.41, 5.74) is 2.38. The van der Waals surface area contributed by atoms with Crippen LogP contribution >= 0.6 is 31.9 Å². The largest absolute Gasteiger partial charge is 0.377 e. The predicted octanol–water partition coefficient (Wildman–Crippen LogP) is 5.73. The lowest BCUT2D eigenvalue weighted by Gasteiger charge is -2.07. The minimum atomic E-state index is 0.652. The van der Waals surface area contributed by atoms with E-state index >= 15 is 0 Å². The average molecular weight is 428 g/mol. The van der Waals surface area contributed by atoms with Crippen LogP contribution in [0.2, 0.25) is 0 Å². The van der Waals surface area contributed by atoms with Gasteiger partial charge in [-0.1, -0.05) is 68.3 Å². The van der Waals surface area contributed by atoms with Crippen LogP contribution in [0.1, 0.15) is 24.0 Å². The Morgan fingerprint density at radius 3 is 1.45 bits per heavy atom. The zero-order valence-electron chi connectivity index (χ0n) is 12.4. The van der Waals surface area contributed by atoms with Gasteiger partial charge in [-0.2, -0.15) is 0 Å². The number of rotatable bonds is 9. The normalized spacial score (nSPS) is 10.8. The van der Waals surface area contributed by atoms with Crippen molar-refractivity contribution in [1.29, 1.82) is 0 Å². The molecule has 0 aliphatic rings. The van der Waals surface area contributed by atoms with E-state index in [4.69, 9.17) is 9.47 Å². The fraction of sp³-hybridized carbons (Fsp3) is 0.333. The van der Waals surface area contributed by atoms with Gasteiger partial charge in [-0.05, 0) is 36.1 Å². The first-order valence-corrected chi connectivity index (χ1v) is 8.98. The number of hydrogen-bond acceptors (Lipinski definition) is 2. The maximum Gasteiger partial charge on any atom is 0.0727 e. The Bertz CT molecular complexity index is 521. The maximum atomic E-state index is 5.69. The van der Waals surface area contributed by atoms with Gasteiger partial charge in [0.05, 0.1) is 13.2 Å². The molecule has 0 spiro atoms. The summed E-state index contributed by atoms with van der Waals surface area (Å²) < 4.78 is 13.6. The van der Waals surface area contributed by atoms with E-state index < -0.39 is 0 Å². The topological polar surface area (TPSA) is 18.5 Å². The zero-order valence-corrected chi connectivity index (χ0v) is 15.6. The fourth-order valence-corrected chi connectivity index (χ4v) is 2.80. The maximum absolute atomic E-state index is 5.69. The van der Waals surface area contributed by atoms with Crippen molar-refractivity contribution in [2.75, 3.05) is 13.2 Å². The second-order valence-corrected chi connectivity index (χ2v) is 6.70. The number of unbranched alkanes of at least 4 members (excludes halogenated alkanes) is 1. The Hall–Kier alpha value is -0.680. The Balaban J connectivity index is 1.51. The molecule has 0 amide bonds. The molecule has 0 fully saturated rings. The minimum absolute atomic E-state index is 0.652. The van der Waals surface area contributed by atoms with Crippen LogP contribution in [0.25, 0.3) is 0 Å². The van der Waals surface area contributed by atoms with Crippen LogP contribution < -0.4 is 0 Å². The second kappa shape index (κ2) is 10.2. The number of ether oxygens (including phenoxy) is 2. The van der Waals surface area contributed by atoms with Gasteiger partial charge in [-0.3, -0.25) is 0 Å². The van der Waals surface area contributed by atoms with Crippen LogP contribution in [0.15, 0.2) is 57.5 Å². The van der Waals surface area contributed by atoms with Crippen molar-refractivity contribution >= 4 is 31.9 Å². The van der Waals surface area contributed by atoms with Crippen LogP contribution in [0.4, 0.5) is 0 Å². The lowest BCUT2D eigenvalue weighted by molar-refractivity contribution is 0.0894. The molecule has 0 aromatic heterocycles. The molecule has 4 heteroatoms. The molecule has 0 saturated heterocycles. The summed E-state index contributed by atoms with van der Waals surface area (Å²) in [6.45, 7) is 2.83. The fourth-order valence-electron chi connectivity index (χ4n) is 2.00. The van der Waals surface area contributed by atoms with Crippen molar-refractivity contribution in [3.05, 3.63) is 68.6 Å². The summed E-state index contributed by atoms with van der Waals surface area (Å²) in [6, 6.07) is 16.3. The van der Waals surface area contributed by atoms with Crippen molar-refractivity contribution in [2.24, 2.45) is 0 Å². The number of benzene rings is 2. The van der Waals surface area contributed by atoms with E-state index in [9.17, 15) is 0 Å². The van der Waals surface area contributed by atoms with E-state index in [0.717, 1.165) is 35.0 Å². The molecule has 2 nitrogen and oxygen atoms in total. The third-order valence-electron chi connectivity index (χ3n) is 3.26. The Morgan fingerprint density at radius 1 is 0.636 bits per heavy atom. The summed E-state index contributed by atoms with van der Waals surface area (Å²) in [6.07, 6.45) is 2.03. The third-order valence-corrected chi connectivity index (χ3v) is 4.81. The molecule has 0 atom stereocenters. The smallest absolute Gasteiger partial charge is 0.0727 e. The highest BCUT2D eigenvalue weighted by atomic mass is 79.9. The summed E-state index contributed by atoms with van der Waals surface area (Å²) in [4.78, 5) is 0. The highest BCUT2D eigenvalue weighted by Gasteiger charge is 2.00. The van der Waals surface area contributed by atoms with Crippen molar-refractivity contribution in [2.45, 2.75) is 26.1 Å². The van der Waals surface area contributed by atoms with E-state index in [1.165, 1.54) is 11.1 Å². The Kier molecular flexibility index (Phi) is 8.16. The first kappa shape index (κ1) is 17.7. The van der Waals surface area contributed by atoms with Crippen molar-refractivity contribution in [3.63, 3.8) is 0 Å². The van der Waals surface area contributed by atoms with Gasteiger partial charge >= 0.3 is 0 Å². The lowest BCUT2D eigenvalue weighted by Crippen LogP contribution is -2.00.